The van der Waals surface area contributed by atoms with Gasteiger partial charge in [-0.2, -0.15) is 5.10 Å². The molecule has 1 aromatic carbocycles. The molecular weight excluding hydrogens is 280 g/mol. The molecular formula is C14H15ClN2O3. The number of aryl methyl sites for hydroxylation is 2. The van der Waals surface area contributed by atoms with Crippen molar-refractivity contribution in [2.24, 2.45) is 0 Å². The molecule has 0 fully saturated rings. The number of ether oxygens (including phenoxy) is 1. The summed E-state index contributed by atoms with van der Waals surface area (Å²) in [5.41, 5.74) is 1.61. The number of hydrogen-bond acceptors (Lipinski definition) is 3. The van der Waals surface area contributed by atoms with E-state index in [0.29, 0.717) is 17.3 Å². The van der Waals surface area contributed by atoms with E-state index in [4.69, 9.17) is 21.4 Å². The topological polar surface area (TPSA) is 64.4 Å². The SMILES string of the molecule is CCn1nc(C)c(Cl)c1COc1ccccc1C(=O)O. The second-order valence-corrected chi connectivity index (χ2v) is 4.63. The maximum absolute atomic E-state index is 11.1. The molecule has 0 aliphatic carbocycles. The molecule has 2 rings (SSSR count). The van der Waals surface area contributed by atoms with Crippen LogP contribution < -0.4 is 4.74 Å². The molecule has 0 saturated heterocycles. The Labute approximate surface area is 121 Å². The van der Waals surface area contributed by atoms with E-state index in [1.54, 1.807) is 22.9 Å². The van der Waals surface area contributed by atoms with Crippen LogP contribution in [0, 0.1) is 6.92 Å². The molecule has 2 aromatic rings. The lowest BCUT2D eigenvalue weighted by molar-refractivity contribution is 0.0691. The number of carbonyl (C=O) groups is 1. The van der Waals surface area contributed by atoms with Gasteiger partial charge in [0.15, 0.2) is 0 Å². The third kappa shape index (κ3) is 2.77. The first-order valence-corrected chi connectivity index (χ1v) is 6.59. The molecule has 5 nitrogen and oxygen atoms in total. The molecule has 0 saturated carbocycles. The van der Waals surface area contributed by atoms with Gasteiger partial charge in [0.25, 0.3) is 0 Å². The number of aromatic carboxylic acids is 1. The Bertz CT molecular complexity index is 637. The van der Waals surface area contributed by atoms with E-state index in [1.807, 2.05) is 13.8 Å². The zero-order chi connectivity index (χ0) is 14.7. The largest absolute Gasteiger partial charge is 0.486 e. The summed E-state index contributed by atoms with van der Waals surface area (Å²) in [5, 5.41) is 13.9. The number of benzene rings is 1. The Kier molecular flexibility index (Phi) is 4.29. The van der Waals surface area contributed by atoms with Gasteiger partial charge in [-0.15, -0.1) is 0 Å². The summed E-state index contributed by atoms with van der Waals surface area (Å²) in [6, 6.07) is 6.51. The lowest BCUT2D eigenvalue weighted by Gasteiger charge is -2.10. The third-order valence-electron chi connectivity index (χ3n) is 2.93. The van der Waals surface area contributed by atoms with Gasteiger partial charge in [0, 0.05) is 6.54 Å². The highest BCUT2D eigenvalue weighted by atomic mass is 35.5. The van der Waals surface area contributed by atoms with E-state index in [2.05, 4.69) is 5.10 Å². The van der Waals surface area contributed by atoms with E-state index < -0.39 is 5.97 Å². The predicted molar refractivity (Wildman–Crippen MR) is 75.4 cm³/mol. The van der Waals surface area contributed by atoms with Crippen molar-refractivity contribution in [1.82, 2.24) is 9.78 Å². The fourth-order valence-corrected chi connectivity index (χ4v) is 2.11. The molecule has 106 valence electrons. The third-order valence-corrected chi connectivity index (χ3v) is 3.43. The molecule has 0 aliphatic heterocycles. The first-order chi connectivity index (χ1) is 9.54. The zero-order valence-electron chi connectivity index (χ0n) is 11.3. The van der Waals surface area contributed by atoms with Gasteiger partial charge in [0.05, 0.1) is 16.4 Å². The minimum Gasteiger partial charge on any atom is -0.486 e. The molecule has 0 amide bonds. The van der Waals surface area contributed by atoms with Gasteiger partial charge in [-0.25, -0.2) is 4.79 Å². The van der Waals surface area contributed by atoms with Gasteiger partial charge >= 0.3 is 5.97 Å². The average Bonchev–Trinajstić information content (AvgIpc) is 2.72. The highest BCUT2D eigenvalue weighted by molar-refractivity contribution is 6.31. The highest BCUT2D eigenvalue weighted by Crippen LogP contribution is 2.24. The monoisotopic (exact) mass is 294 g/mol. The van der Waals surface area contributed by atoms with Crippen LogP contribution in [0.25, 0.3) is 0 Å². The molecule has 1 N–H and O–H groups in total. The van der Waals surface area contributed by atoms with Crippen LogP contribution in [0.3, 0.4) is 0 Å². The summed E-state index contributed by atoms with van der Waals surface area (Å²) in [7, 11) is 0. The van der Waals surface area contributed by atoms with Crippen molar-refractivity contribution in [3.63, 3.8) is 0 Å². The van der Waals surface area contributed by atoms with Gasteiger partial charge in [-0.05, 0) is 26.0 Å². The van der Waals surface area contributed by atoms with Gasteiger partial charge < -0.3 is 9.84 Å². The van der Waals surface area contributed by atoms with Crippen LogP contribution in [0.5, 0.6) is 5.75 Å². The number of nitrogens with zero attached hydrogens (tertiary/aromatic N) is 2. The van der Waals surface area contributed by atoms with E-state index in [0.717, 1.165) is 11.4 Å². The smallest absolute Gasteiger partial charge is 0.339 e. The number of aromatic nitrogens is 2. The van der Waals surface area contributed by atoms with Gasteiger partial charge in [0.2, 0.25) is 0 Å². The van der Waals surface area contributed by atoms with Crippen molar-refractivity contribution >= 4 is 17.6 Å². The lowest BCUT2D eigenvalue weighted by Crippen LogP contribution is -2.08. The van der Waals surface area contributed by atoms with Crippen LogP contribution in [0.1, 0.15) is 28.7 Å². The average molecular weight is 295 g/mol. The first-order valence-electron chi connectivity index (χ1n) is 6.21. The summed E-state index contributed by atoms with van der Waals surface area (Å²) in [5.74, 6) is -0.704. The molecule has 1 heterocycles. The summed E-state index contributed by atoms with van der Waals surface area (Å²) < 4.78 is 7.35. The maximum Gasteiger partial charge on any atom is 0.339 e. The van der Waals surface area contributed by atoms with Crippen molar-refractivity contribution in [3.05, 3.63) is 46.2 Å². The molecule has 0 radical (unpaired) electrons. The van der Waals surface area contributed by atoms with Crippen molar-refractivity contribution in [2.75, 3.05) is 0 Å². The Morgan fingerprint density at radius 1 is 1.45 bits per heavy atom. The van der Waals surface area contributed by atoms with Crippen molar-refractivity contribution in [3.8, 4) is 5.75 Å². The van der Waals surface area contributed by atoms with Crippen LogP contribution >= 0.6 is 11.6 Å². The molecule has 0 spiro atoms. The molecule has 0 aliphatic rings. The lowest BCUT2D eigenvalue weighted by atomic mass is 10.2. The normalized spacial score (nSPS) is 10.6. The predicted octanol–water partition coefficient (Wildman–Crippen LogP) is 3.14. The summed E-state index contributed by atoms with van der Waals surface area (Å²) in [4.78, 5) is 11.1. The fraction of sp³-hybridized carbons (Fsp3) is 0.286. The minimum atomic E-state index is -1.02. The maximum atomic E-state index is 11.1. The number of rotatable bonds is 5. The molecule has 0 atom stereocenters. The van der Waals surface area contributed by atoms with Crippen molar-refractivity contribution in [2.45, 2.75) is 27.0 Å². The fourth-order valence-electron chi connectivity index (χ4n) is 1.92. The Balaban J connectivity index is 2.23. The van der Waals surface area contributed by atoms with Crippen LogP contribution in [0.2, 0.25) is 5.02 Å². The minimum absolute atomic E-state index is 0.128. The molecule has 6 heteroatoms. The Hall–Kier alpha value is -2.01. The Morgan fingerprint density at radius 2 is 2.15 bits per heavy atom. The zero-order valence-corrected chi connectivity index (χ0v) is 12.0. The number of carboxylic acid groups (broad SMARTS) is 1. The summed E-state index contributed by atoms with van der Waals surface area (Å²) >= 11 is 6.18. The molecule has 1 aromatic heterocycles. The summed E-state index contributed by atoms with van der Waals surface area (Å²) in [6.45, 7) is 4.63. The number of carboxylic acids is 1. The Morgan fingerprint density at radius 3 is 2.80 bits per heavy atom. The van der Waals surface area contributed by atoms with Crippen molar-refractivity contribution < 1.29 is 14.6 Å². The molecule has 0 unspecified atom stereocenters. The van der Waals surface area contributed by atoms with Crippen LogP contribution in [0.15, 0.2) is 24.3 Å². The van der Waals surface area contributed by atoms with Crippen LogP contribution in [-0.2, 0) is 13.2 Å². The molecule has 0 bridgehead atoms. The first kappa shape index (κ1) is 14.4. The second-order valence-electron chi connectivity index (χ2n) is 4.25. The van der Waals surface area contributed by atoms with E-state index in [1.165, 1.54) is 6.07 Å². The quantitative estimate of drug-likeness (QED) is 0.920. The second kappa shape index (κ2) is 5.96. The van der Waals surface area contributed by atoms with Gasteiger partial charge in [-0.1, -0.05) is 23.7 Å². The van der Waals surface area contributed by atoms with Gasteiger partial charge in [0.1, 0.15) is 17.9 Å². The van der Waals surface area contributed by atoms with E-state index in [9.17, 15) is 4.79 Å². The van der Waals surface area contributed by atoms with E-state index >= 15 is 0 Å². The standard InChI is InChI=1S/C14H15ClN2O3/c1-3-17-11(13(15)9(2)16-17)8-20-12-7-5-4-6-10(12)14(18)19/h4-7H,3,8H2,1-2H3,(H,18,19). The number of hydrogen-bond donors (Lipinski definition) is 1. The number of halogens is 1. The number of para-hydroxylation sites is 1. The van der Waals surface area contributed by atoms with Crippen molar-refractivity contribution in [1.29, 1.82) is 0 Å². The van der Waals surface area contributed by atoms with Crippen LogP contribution in [0.4, 0.5) is 0 Å². The molecule has 20 heavy (non-hydrogen) atoms. The van der Waals surface area contributed by atoms with Gasteiger partial charge in [-0.3, -0.25) is 4.68 Å². The highest BCUT2D eigenvalue weighted by Gasteiger charge is 2.15. The summed E-state index contributed by atoms with van der Waals surface area (Å²) in [6.07, 6.45) is 0. The van der Waals surface area contributed by atoms with E-state index in [-0.39, 0.29) is 12.2 Å². The van der Waals surface area contributed by atoms with Crippen LogP contribution in [-0.4, -0.2) is 20.9 Å².